The van der Waals surface area contributed by atoms with E-state index in [-0.39, 0.29) is 11.7 Å². The number of hydrogen-bond acceptors (Lipinski definition) is 4. The fraction of sp³-hybridized carbons (Fsp3) is 0.200. The lowest BCUT2D eigenvalue weighted by Crippen LogP contribution is -2.48. The maximum atomic E-state index is 13.8. The quantitative estimate of drug-likeness (QED) is 0.661. The highest BCUT2D eigenvalue weighted by Gasteiger charge is 2.22. The molecule has 6 heteroatoms. The van der Waals surface area contributed by atoms with Crippen molar-refractivity contribution in [3.8, 4) is 0 Å². The Labute approximate surface area is 155 Å². The first-order valence-corrected chi connectivity index (χ1v) is 9.34. The number of nitrogens with zero attached hydrogens (tertiary/aromatic N) is 3. The Morgan fingerprint density at radius 1 is 1.04 bits per heavy atom. The van der Waals surface area contributed by atoms with Gasteiger partial charge in [0.25, 0.3) is 0 Å². The maximum absolute atomic E-state index is 13.8. The monoisotopic (exact) mass is 367 g/mol. The molecule has 4 rings (SSSR count). The van der Waals surface area contributed by atoms with Crippen LogP contribution in [0.2, 0.25) is 0 Å². The summed E-state index contributed by atoms with van der Waals surface area (Å²) in [6, 6.07) is 14.8. The summed E-state index contributed by atoms with van der Waals surface area (Å²) in [6.07, 6.45) is 3.46. The predicted octanol–water partition coefficient (Wildman–Crippen LogP) is 3.80. The highest BCUT2D eigenvalue weighted by atomic mass is 32.1. The molecule has 0 atom stereocenters. The van der Waals surface area contributed by atoms with Crippen molar-refractivity contribution < 1.29 is 9.18 Å². The van der Waals surface area contributed by atoms with E-state index in [1.807, 2.05) is 47.4 Å². The lowest BCUT2D eigenvalue weighted by atomic mass is 10.2. The van der Waals surface area contributed by atoms with Crippen molar-refractivity contribution in [2.45, 2.75) is 0 Å². The van der Waals surface area contributed by atoms with E-state index >= 15 is 0 Å². The average molecular weight is 367 g/mol. The van der Waals surface area contributed by atoms with Crippen molar-refractivity contribution in [3.05, 3.63) is 66.0 Å². The smallest absolute Gasteiger partial charge is 0.246 e. The molecule has 0 spiro atoms. The Morgan fingerprint density at radius 2 is 1.81 bits per heavy atom. The zero-order valence-corrected chi connectivity index (χ0v) is 15.0. The van der Waals surface area contributed by atoms with Crippen molar-refractivity contribution in [2.75, 3.05) is 31.1 Å². The Hall–Kier alpha value is -2.73. The number of anilines is 1. The van der Waals surface area contributed by atoms with Crippen LogP contribution in [0.5, 0.6) is 0 Å². The van der Waals surface area contributed by atoms with Crippen LogP contribution in [-0.4, -0.2) is 42.0 Å². The highest BCUT2D eigenvalue weighted by molar-refractivity contribution is 7.22. The molecule has 1 aliphatic heterocycles. The van der Waals surface area contributed by atoms with Gasteiger partial charge in [-0.15, -0.1) is 0 Å². The number of thiazole rings is 1. The average Bonchev–Trinajstić information content (AvgIpc) is 3.13. The zero-order valence-electron chi connectivity index (χ0n) is 14.1. The number of amides is 1. The molecular formula is C20H18FN3OS. The summed E-state index contributed by atoms with van der Waals surface area (Å²) in [5.74, 6) is -0.270. The molecule has 0 unspecified atom stereocenters. The maximum Gasteiger partial charge on any atom is 0.246 e. The number of halogens is 1. The van der Waals surface area contributed by atoms with Crippen LogP contribution in [0.15, 0.2) is 54.6 Å². The summed E-state index contributed by atoms with van der Waals surface area (Å²) >= 11 is 1.49. The molecule has 1 amide bonds. The Kier molecular flexibility index (Phi) is 4.67. The molecule has 1 fully saturated rings. The van der Waals surface area contributed by atoms with Crippen LogP contribution in [-0.2, 0) is 4.79 Å². The fourth-order valence-electron chi connectivity index (χ4n) is 2.99. The first-order valence-electron chi connectivity index (χ1n) is 8.53. The lowest BCUT2D eigenvalue weighted by Gasteiger charge is -2.34. The minimum atomic E-state index is -0.287. The second-order valence-electron chi connectivity index (χ2n) is 6.14. The number of benzene rings is 2. The number of carbonyl (C=O) groups excluding carboxylic acids is 1. The van der Waals surface area contributed by atoms with E-state index in [0.29, 0.717) is 31.7 Å². The van der Waals surface area contributed by atoms with Gasteiger partial charge in [0, 0.05) is 32.3 Å². The van der Waals surface area contributed by atoms with E-state index in [0.717, 1.165) is 15.4 Å². The van der Waals surface area contributed by atoms with Crippen molar-refractivity contribution in [1.82, 2.24) is 9.88 Å². The van der Waals surface area contributed by atoms with Gasteiger partial charge >= 0.3 is 0 Å². The molecule has 0 saturated carbocycles. The third-order valence-corrected chi connectivity index (χ3v) is 5.52. The highest BCUT2D eigenvalue weighted by Crippen LogP contribution is 2.30. The standard InChI is InChI=1S/C20H18FN3OS/c21-16-7-4-8-17-19(16)22-20(26-17)24-13-11-23(12-14-24)18(25)10-9-15-5-2-1-3-6-15/h1-10H,11-14H2/b10-9+. The molecule has 1 saturated heterocycles. The van der Waals surface area contributed by atoms with E-state index in [9.17, 15) is 9.18 Å². The number of piperazine rings is 1. The van der Waals surface area contributed by atoms with Gasteiger partial charge in [-0.1, -0.05) is 47.7 Å². The molecule has 2 heterocycles. The molecule has 2 aromatic carbocycles. The van der Waals surface area contributed by atoms with Gasteiger partial charge in [0.05, 0.1) is 4.70 Å². The fourth-order valence-corrected chi connectivity index (χ4v) is 4.03. The molecule has 4 nitrogen and oxygen atoms in total. The summed E-state index contributed by atoms with van der Waals surface area (Å²) in [4.78, 5) is 20.7. The van der Waals surface area contributed by atoms with Crippen molar-refractivity contribution in [2.24, 2.45) is 0 Å². The van der Waals surface area contributed by atoms with Crippen LogP contribution >= 0.6 is 11.3 Å². The second-order valence-corrected chi connectivity index (χ2v) is 7.15. The van der Waals surface area contributed by atoms with Crippen LogP contribution in [0, 0.1) is 5.82 Å². The number of fused-ring (bicyclic) bond motifs is 1. The summed E-state index contributed by atoms with van der Waals surface area (Å²) in [7, 11) is 0. The van der Waals surface area contributed by atoms with Gasteiger partial charge in [-0.05, 0) is 23.8 Å². The SMILES string of the molecule is O=C(/C=C/c1ccccc1)N1CCN(c2nc3c(F)cccc3s2)CC1. The minimum absolute atomic E-state index is 0.0175. The second kappa shape index (κ2) is 7.25. The van der Waals surface area contributed by atoms with Crippen LogP contribution in [0.4, 0.5) is 9.52 Å². The minimum Gasteiger partial charge on any atom is -0.345 e. The number of rotatable bonds is 3. The van der Waals surface area contributed by atoms with Gasteiger partial charge in [0.15, 0.2) is 5.13 Å². The van der Waals surface area contributed by atoms with Crippen LogP contribution in [0.25, 0.3) is 16.3 Å². The third kappa shape index (κ3) is 3.46. The van der Waals surface area contributed by atoms with Crippen LogP contribution in [0.3, 0.4) is 0 Å². The van der Waals surface area contributed by atoms with Crippen LogP contribution < -0.4 is 4.90 Å². The van der Waals surface area contributed by atoms with Gasteiger partial charge in [-0.3, -0.25) is 4.79 Å². The molecule has 0 bridgehead atoms. The first kappa shape index (κ1) is 16.7. The summed E-state index contributed by atoms with van der Waals surface area (Å²) in [5.41, 5.74) is 1.44. The van der Waals surface area contributed by atoms with E-state index in [1.165, 1.54) is 17.4 Å². The van der Waals surface area contributed by atoms with E-state index in [4.69, 9.17) is 0 Å². The normalized spacial score (nSPS) is 15.1. The molecule has 132 valence electrons. The molecule has 26 heavy (non-hydrogen) atoms. The molecule has 0 N–H and O–H groups in total. The summed E-state index contributed by atoms with van der Waals surface area (Å²) < 4.78 is 14.7. The summed E-state index contributed by atoms with van der Waals surface area (Å²) in [5, 5.41) is 0.817. The number of para-hydroxylation sites is 1. The number of aromatic nitrogens is 1. The molecule has 0 aliphatic carbocycles. The van der Waals surface area contributed by atoms with Crippen molar-refractivity contribution in [3.63, 3.8) is 0 Å². The van der Waals surface area contributed by atoms with Crippen LogP contribution in [0.1, 0.15) is 5.56 Å². The molecule has 0 radical (unpaired) electrons. The molecule has 1 aromatic heterocycles. The molecule has 1 aliphatic rings. The molecular weight excluding hydrogens is 349 g/mol. The van der Waals surface area contributed by atoms with Gasteiger partial charge < -0.3 is 9.80 Å². The number of carbonyl (C=O) groups is 1. The third-order valence-electron chi connectivity index (χ3n) is 4.44. The van der Waals surface area contributed by atoms with Gasteiger partial charge in [-0.25, -0.2) is 9.37 Å². The summed E-state index contributed by atoms with van der Waals surface area (Å²) in [6.45, 7) is 2.67. The lowest BCUT2D eigenvalue weighted by molar-refractivity contribution is -0.126. The Morgan fingerprint density at radius 3 is 2.54 bits per heavy atom. The van der Waals surface area contributed by atoms with E-state index < -0.39 is 0 Å². The van der Waals surface area contributed by atoms with Crippen molar-refractivity contribution in [1.29, 1.82) is 0 Å². The predicted molar refractivity (Wildman–Crippen MR) is 104 cm³/mol. The van der Waals surface area contributed by atoms with E-state index in [2.05, 4.69) is 9.88 Å². The topological polar surface area (TPSA) is 36.4 Å². The Balaban J connectivity index is 1.39. The van der Waals surface area contributed by atoms with Crippen molar-refractivity contribution >= 4 is 38.7 Å². The van der Waals surface area contributed by atoms with Gasteiger partial charge in [0.2, 0.25) is 5.91 Å². The molecule has 3 aromatic rings. The van der Waals surface area contributed by atoms with Gasteiger partial charge in [-0.2, -0.15) is 0 Å². The number of hydrogen-bond donors (Lipinski definition) is 0. The zero-order chi connectivity index (χ0) is 17.9. The van der Waals surface area contributed by atoms with E-state index in [1.54, 1.807) is 12.1 Å². The first-order chi connectivity index (χ1) is 12.7. The van der Waals surface area contributed by atoms with Gasteiger partial charge in [0.1, 0.15) is 11.3 Å². The Bertz CT molecular complexity index is 946. The largest absolute Gasteiger partial charge is 0.345 e.